The van der Waals surface area contributed by atoms with Gasteiger partial charge in [0.25, 0.3) is 0 Å². The lowest BCUT2D eigenvalue weighted by molar-refractivity contribution is -0.116. The first-order valence-electron chi connectivity index (χ1n) is 9.73. The van der Waals surface area contributed by atoms with Crippen molar-refractivity contribution < 1.29 is 4.79 Å². The molecule has 4 aromatic rings. The van der Waals surface area contributed by atoms with Crippen LogP contribution in [0.4, 0.5) is 5.13 Å². The van der Waals surface area contributed by atoms with Crippen LogP contribution < -0.4 is 5.32 Å². The molecule has 0 atom stereocenters. The highest BCUT2D eigenvalue weighted by Gasteiger charge is 2.29. The molecule has 4 nitrogen and oxygen atoms in total. The molecule has 0 unspecified atom stereocenters. The van der Waals surface area contributed by atoms with Crippen LogP contribution in [-0.4, -0.2) is 15.9 Å². The van der Waals surface area contributed by atoms with Crippen molar-refractivity contribution in [3.8, 4) is 10.4 Å². The number of nitrogens with zero attached hydrogens (tertiary/aromatic N) is 2. The molecule has 0 radical (unpaired) electrons. The van der Waals surface area contributed by atoms with Crippen LogP contribution in [0.1, 0.15) is 28.2 Å². The SMILES string of the molecule is O=C(Nc1ncc(-c2cnccc2Cl)s1)C1c2ccccc2CCc2ccccc21. The average Bonchev–Trinajstić information content (AvgIpc) is 3.15. The van der Waals surface area contributed by atoms with Gasteiger partial charge < -0.3 is 5.32 Å². The van der Waals surface area contributed by atoms with E-state index < -0.39 is 0 Å². The molecule has 6 heteroatoms. The molecular formula is C24H18ClN3OS. The minimum atomic E-state index is -0.366. The number of halogens is 1. The summed E-state index contributed by atoms with van der Waals surface area (Å²) in [6, 6.07) is 18.2. The van der Waals surface area contributed by atoms with Gasteiger partial charge in [0.2, 0.25) is 5.91 Å². The Hall–Kier alpha value is -3.02. The Labute approximate surface area is 183 Å². The van der Waals surface area contributed by atoms with Crippen LogP contribution in [0.15, 0.2) is 73.2 Å². The first kappa shape index (κ1) is 19.0. The lowest BCUT2D eigenvalue weighted by Crippen LogP contribution is -2.23. The second kappa shape index (κ2) is 8.01. The Morgan fingerprint density at radius 3 is 2.30 bits per heavy atom. The van der Waals surface area contributed by atoms with Gasteiger partial charge in [0.05, 0.1) is 15.8 Å². The Morgan fingerprint density at radius 1 is 0.967 bits per heavy atom. The molecule has 2 heterocycles. The minimum absolute atomic E-state index is 0.0741. The Bertz CT molecular complexity index is 1190. The summed E-state index contributed by atoms with van der Waals surface area (Å²) < 4.78 is 0. The average molecular weight is 432 g/mol. The van der Waals surface area contributed by atoms with Gasteiger partial charge in [0, 0.05) is 24.2 Å². The van der Waals surface area contributed by atoms with Crippen molar-refractivity contribution in [2.45, 2.75) is 18.8 Å². The van der Waals surface area contributed by atoms with E-state index in [4.69, 9.17) is 11.6 Å². The largest absolute Gasteiger partial charge is 0.301 e. The first-order chi connectivity index (χ1) is 14.7. The highest BCUT2D eigenvalue weighted by atomic mass is 35.5. The highest BCUT2D eigenvalue weighted by Crippen LogP contribution is 2.37. The smallest absolute Gasteiger partial charge is 0.238 e. The third-order valence-electron chi connectivity index (χ3n) is 5.43. The Balaban J connectivity index is 1.49. The molecule has 1 N–H and O–H groups in total. The molecular weight excluding hydrogens is 414 g/mol. The maximum Gasteiger partial charge on any atom is 0.238 e. The van der Waals surface area contributed by atoms with E-state index >= 15 is 0 Å². The van der Waals surface area contributed by atoms with Gasteiger partial charge in [0.15, 0.2) is 5.13 Å². The van der Waals surface area contributed by atoms with Crippen molar-refractivity contribution in [3.05, 3.63) is 100 Å². The number of amides is 1. The maximum atomic E-state index is 13.5. The van der Waals surface area contributed by atoms with E-state index in [0.29, 0.717) is 10.2 Å². The molecule has 5 rings (SSSR count). The summed E-state index contributed by atoms with van der Waals surface area (Å²) in [7, 11) is 0. The van der Waals surface area contributed by atoms with E-state index in [-0.39, 0.29) is 11.8 Å². The molecule has 0 saturated heterocycles. The van der Waals surface area contributed by atoms with Crippen molar-refractivity contribution in [2.24, 2.45) is 0 Å². The van der Waals surface area contributed by atoms with Gasteiger partial charge in [-0.05, 0) is 41.2 Å². The van der Waals surface area contributed by atoms with Crippen LogP contribution >= 0.6 is 22.9 Å². The van der Waals surface area contributed by atoms with Gasteiger partial charge in [-0.1, -0.05) is 71.5 Å². The van der Waals surface area contributed by atoms with Crippen molar-refractivity contribution >= 4 is 34.0 Å². The number of hydrogen-bond donors (Lipinski definition) is 1. The number of fused-ring (bicyclic) bond motifs is 2. The predicted octanol–water partition coefficient (Wildman–Crippen LogP) is 5.73. The molecule has 2 aromatic carbocycles. The summed E-state index contributed by atoms with van der Waals surface area (Å²) in [6.07, 6.45) is 6.93. The number of carbonyl (C=O) groups excluding carboxylic acids is 1. The molecule has 2 aromatic heterocycles. The highest BCUT2D eigenvalue weighted by molar-refractivity contribution is 7.19. The third kappa shape index (κ3) is 3.51. The van der Waals surface area contributed by atoms with Gasteiger partial charge in [-0.3, -0.25) is 9.78 Å². The van der Waals surface area contributed by atoms with Gasteiger partial charge in [0.1, 0.15) is 0 Å². The normalized spacial score (nSPS) is 13.2. The number of aromatic nitrogens is 2. The van der Waals surface area contributed by atoms with Crippen LogP contribution in [0.2, 0.25) is 5.02 Å². The van der Waals surface area contributed by atoms with Crippen molar-refractivity contribution in [1.82, 2.24) is 9.97 Å². The number of anilines is 1. The fourth-order valence-corrected chi connectivity index (χ4v) is 5.11. The molecule has 0 spiro atoms. The van der Waals surface area contributed by atoms with E-state index in [1.165, 1.54) is 22.5 Å². The number of nitrogens with one attached hydrogen (secondary N) is 1. The molecule has 1 aliphatic rings. The number of carbonyl (C=O) groups is 1. The maximum absolute atomic E-state index is 13.5. The fourth-order valence-electron chi connectivity index (χ4n) is 4.00. The van der Waals surface area contributed by atoms with Crippen molar-refractivity contribution in [1.29, 1.82) is 0 Å². The van der Waals surface area contributed by atoms with Crippen molar-refractivity contribution in [2.75, 3.05) is 5.32 Å². The number of rotatable bonds is 3. The molecule has 1 amide bonds. The number of aryl methyl sites for hydroxylation is 2. The summed E-state index contributed by atoms with van der Waals surface area (Å²) in [5, 5.41) is 4.20. The number of pyridine rings is 1. The minimum Gasteiger partial charge on any atom is -0.301 e. The summed E-state index contributed by atoms with van der Waals surface area (Å²) in [4.78, 5) is 22.9. The van der Waals surface area contributed by atoms with Crippen molar-refractivity contribution in [3.63, 3.8) is 0 Å². The predicted molar refractivity (Wildman–Crippen MR) is 121 cm³/mol. The van der Waals surface area contributed by atoms with Crippen LogP contribution in [0.5, 0.6) is 0 Å². The van der Waals surface area contributed by atoms with E-state index in [1.807, 2.05) is 24.3 Å². The zero-order valence-electron chi connectivity index (χ0n) is 16.0. The van der Waals surface area contributed by atoms with Crippen LogP contribution in [-0.2, 0) is 17.6 Å². The second-order valence-electron chi connectivity index (χ2n) is 7.21. The monoisotopic (exact) mass is 431 g/mol. The number of hydrogen-bond acceptors (Lipinski definition) is 4. The zero-order valence-corrected chi connectivity index (χ0v) is 17.6. The molecule has 0 aliphatic heterocycles. The van der Waals surface area contributed by atoms with Gasteiger partial charge >= 0.3 is 0 Å². The van der Waals surface area contributed by atoms with E-state index in [1.54, 1.807) is 24.7 Å². The first-order valence-corrected chi connectivity index (χ1v) is 10.9. The standard InChI is InChI=1S/C24H18ClN3OS/c25-20-11-12-26-13-19(20)21-14-27-24(30-21)28-23(29)22-17-7-3-1-5-15(17)9-10-16-6-2-4-8-18(16)22/h1-8,11-14,22H,9-10H2,(H,27,28,29). The molecule has 0 bridgehead atoms. The Morgan fingerprint density at radius 2 is 1.63 bits per heavy atom. The molecule has 30 heavy (non-hydrogen) atoms. The van der Waals surface area contributed by atoms with E-state index in [2.05, 4.69) is 39.6 Å². The summed E-state index contributed by atoms with van der Waals surface area (Å²) in [5.74, 6) is -0.441. The summed E-state index contributed by atoms with van der Waals surface area (Å²) in [5.41, 5.74) is 5.37. The number of benzene rings is 2. The fraction of sp³-hybridized carbons (Fsp3) is 0.125. The number of thiazole rings is 1. The molecule has 148 valence electrons. The molecule has 0 saturated carbocycles. The summed E-state index contributed by atoms with van der Waals surface area (Å²) in [6.45, 7) is 0. The molecule has 0 fully saturated rings. The Kier molecular flexibility index (Phi) is 5.07. The zero-order chi connectivity index (χ0) is 20.5. The second-order valence-corrected chi connectivity index (χ2v) is 8.64. The van der Waals surface area contributed by atoms with Crippen LogP contribution in [0, 0.1) is 0 Å². The van der Waals surface area contributed by atoms with Crippen LogP contribution in [0.25, 0.3) is 10.4 Å². The van der Waals surface area contributed by atoms with Gasteiger partial charge in [-0.15, -0.1) is 0 Å². The van der Waals surface area contributed by atoms with Gasteiger partial charge in [-0.25, -0.2) is 4.98 Å². The third-order valence-corrected chi connectivity index (χ3v) is 6.70. The lowest BCUT2D eigenvalue weighted by Gasteiger charge is -2.19. The lowest BCUT2D eigenvalue weighted by atomic mass is 9.87. The van der Waals surface area contributed by atoms with Crippen LogP contribution in [0.3, 0.4) is 0 Å². The van der Waals surface area contributed by atoms with E-state index in [0.717, 1.165) is 34.4 Å². The van der Waals surface area contributed by atoms with E-state index in [9.17, 15) is 4.79 Å². The summed E-state index contributed by atoms with van der Waals surface area (Å²) >= 11 is 7.67. The molecule has 1 aliphatic carbocycles. The quantitative estimate of drug-likeness (QED) is 0.450. The topological polar surface area (TPSA) is 54.9 Å². The van der Waals surface area contributed by atoms with Gasteiger partial charge in [-0.2, -0.15) is 0 Å².